The van der Waals surface area contributed by atoms with Gasteiger partial charge in [-0.05, 0) is 9.85 Å². The molecule has 76 valence electrons. The lowest BCUT2D eigenvalue weighted by Crippen LogP contribution is -2.12. The lowest BCUT2D eigenvalue weighted by Gasteiger charge is -1.89. The molecule has 0 spiro atoms. The van der Waals surface area contributed by atoms with Crippen molar-refractivity contribution in [2.75, 3.05) is 0 Å². The Morgan fingerprint density at radius 1 is 1.00 bits per heavy atom. The molecular weight excluding hydrogens is 200 g/mol. The smallest absolute Gasteiger partial charge is 0.358 e. The molecule has 0 rings (SSSR count). The van der Waals surface area contributed by atoms with E-state index < -0.39 is 21.5 Å². The summed E-state index contributed by atoms with van der Waals surface area (Å²) in [7, 11) is 0. The van der Waals surface area contributed by atoms with E-state index in [0.717, 1.165) is 0 Å². The number of hydrogen-bond donors (Lipinski definition) is 2. The largest absolute Gasteiger partial charge is 0.409 e. The van der Waals surface area contributed by atoms with Crippen LogP contribution in [0.2, 0.25) is 0 Å². The van der Waals surface area contributed by atoms with Gasteiger partial charge in [0.15, 0.2) is 10.3 Å². The fourth-order valence-electron chi connectivity index (χ4n) is 0.410. The van der Waals surface area contributed by atoms with Crippen molar-refractivity contribution in [2.45, 2.75) is 0 Å². The van der Waals surface area contributed by atoms with Crippen molar-refractivity contribution in [3.8, 4) is 0 Å². The first-order valence-electron chi connectivity index (χ1n) is 2.94. The van der Waals surface area contributed by atoms with Gasteiger partial charge in [-0.3, -0.25) is 0 Å². The maximum absolute atomic E-state index is 9.99. The summed E-state index contributed by atoms with van der Waals surface area (Å²) in [6.07, 6.45) is 1.02. The van der Waals surface area contributed by atoms with Gasteiger partial charge in [0.2, 0.25) is 0 Å². The van der Waals surface area contributed by atoms with E-state index in [9.17, 15) is 20.2 Å². The highest BCUT2D eigenvalue weighted by Gasteiger charge is 2.13. The van der Waals surface area contributed by atoms with Gasteiger partial charge in [-0.15, -0.1) is 0 Å². The molecule has 10 nitrogen and oxygen atoms in total. The maximum Gasteiger partial charge on any atom is 0.409 e. The zero-order valence-electron chi connectivity index (χ0n) is 6.47. The van der Waals surface area contributed by atoms with Crippen molar-refractivity contribution < 1.29 is 20.3 Å². The van der Waals surface area contributed by atoms with Crippen molar-refractivity contribution in [3.63, 3.8) is 0 Å². The molecule has 0 bridgehead atoms. The summed E-state index contributed by atoms with van der Waals surface area (Å²) in [5.41, 5.74) is 0. The summed E-state index contributed by atoms with van der Waals surface area (Å²) in [6, 6.07) is 0. The zero-order chi connectivity index (χ0) is 11.1. The van der Waals surface area contributed by atoms with Crippen LogP contribution in [-0.4, -0.2) is 31.9 Å². The Balaban J connectivity index is 4.74. The first-order valence-corrected chi connectivity index (χ1v) is 2.94. The lowest BCUT2D eigenvalue weighted by atomic mass is 10.4. The van der Waals surface area contributed by atoms with E-state index >= 15 is 0 Å². The Morgan fingerprint density at radius 3 is 1.43 bits per heavy atom. The molecule has 0 aromatic rings. The first kappa shape index (κ1) is 11.5. The molecular formula is C4H4N4O6. The standard InChI is InChI=1S/C4H4N4O6/c9-5-3(7(11)12)1-2-4(6-10)8(13)14/h1-2,9-10H/b2-1+,5-3+,6-4+. The van der Waals surface area contributed by atoms with E-state index in [-0.39, 0.29) is 0 Å². The maximum atomic E-state index is 9.99. The van der Waals surface area contributed by atoms with Crippen LogP contribution in [0.1, 0.15) is 0 Å². The van der Waals surface area contributed by atoms with Crippen molar-refractivity contribution >= 4 is 11.7 Å². The molecule has 10 heteroatoms. The van der Waals surface area contributed by atoms with Crippen LogP contribution < -0.4 is 0 Å². The average Bonchev–Trinajstić information content (AvgIpc) is 2.11. The average molecular weight is 204 g/mol. The number of amidine groups is 2. The van der Waals surface area contributed by atoms with Crippen molar-refractivity contribution in [2.24, 2.45) is 10.3 Å². The van der Waals surface area contributed by atoms with Crippen molar-refractivity contribution in [1.29, 1.82) is 0 Å². The number of hydrogen-bond acceptors (Lipinski definition) is 8. The third-order valence-corrected chi connectivity index (χ3v) is 0.961. The second kappa shape index (κ2) is 5.18. The highest BCUT2D eigenvalue weighted by atomic mass is 16.6. The molecule has 0 aliphatic rings. The molecule has 0 saturated carbocycles. The van der Waals surface area contributed by atoms with E-state index in [1.807, 2.05) is 0 Å². The van der Waals surface area contributed by atoms with E-state index in [0.29, 0.717) is 12.2 Å². The number of oxime groups is 2. The molecule has 2 N–H and O–H groups in total. The molecule has 0 heterocycles. The molecule has 0 aliphatic heterocycles. The Bertz CT molecular complexity index is 299. The molecule has 0 aliphatic carbocycles. The second-order valence-electron chi connectivity index (χ2n) is 1.76. The van der Waals surface area contributed by atoms with Gasteiger partial charge in [0.05, 0.1) is 0 Å². The van der Waals surface area contributed by atoms with Crippen molar-refractivity contribution in [1.82, 2.24) is 0 Å². The third-order valence-electron chi connectivity index (χ3n) is 0.961. The third kappa shape index (κ3) is 3.25. The van der Waals surface area contributed by atoms with Gasteiger partial charge in [0, 0.05) is 12.2 Å². The Morgan fingerprint density at radius 2 is 1.29 bits per heavy atom. The Kier molecular flexibility index (Phi) is 4.25. The monoisotopic (exact) mass is 204 g/mol. The Labute approximate surface area is 75.7 Å². The predicted octanol–water partition coefficient (Wildman–Crippen LogP) is -0.329. The molecule has 0 saturated heterocycles. The summed E-state index contributed by atoms with van der Waals surface area (Å²) in [5, 5.41) is 40.5. The number of nitrogens with zero attached hydrogens (tertiary/aromatic N) is 4. The highest BCUT2D eigenvalue weighted by molar-refractivity contribution is 5.94. The summed E-state index contributed by atoms with van der Waals surface area (Å²) in [6.45, 7) is 0. The molecule has 0 aromatic carbocycles. The molecule has 0 amide bonds. The van der Waals surface area contributed by atoms with Crippen LogP contribution in [0.5, 0.6) is 0 Å². The number of nitro groups is 2. The SMILES string of the molecule is O=[N+]([O-])C(/C=C/C(=N\O)[N+](=O)[O-])=N/O. The van der Waals surface area contributed by atoms with E-state index in [2.05, 4.69) is 10.3 Å². The summed E-state index contributed by atoms with van der Waals surface area (Å²) < 4.78 is 0. The molecule has 0 fully saturated rings. The van der Waals surface area contributed by atoms with Crippen LogP contribution in [0.15, 0.2) is 22.5 Å². The van der Waals surface area contributed by atoms with Gasteiger partial charge in [-0.2, -0.15) is 0 Å². The van der Waals surface area contributed by atoms with Crippen LogP contribution in [0.25, 0.3) is 0 Å². The van der Waals surface area contributed by atoms with E-state index in [4.69, 9.17) is 10.4 Å². The quantitative estimate of drug-likeness (QED) is 0.206. The molecule has 0 unspecified atom stereocenters. The van der Waals surface area contributed by atoms with Gasteiger partial charge >= 0.3 is 11.7 Å². The van der Waals surface area contributed by atoms with Gasteiger partial charge in [0.25, 0.3) is 0 Å². The predicted molar refractivity (Wildman–Crippen MR) is 41.6 cm³/mol. The molecule has 0 atom stereocenters. The minimum atomic E-state index is -1.08. The van der Waals surface area contributed by atoms with E-state index in [1.54, 1.807) is 0 Å². The van der Waals surface area contributed by atoms with Gasteiger partial charge < -0.3 is 30.6 Å². The van der Waals surface area contributed by atoms with Crippen LogP contribution in [0, 0.1) is 20.2 Å². The Hall–Kier alpha value is -2.52. The van der Waals surface area contributed by atoms with Gasteiger partial charge in [-0.25, -0.2) is 0 Å². The fraction of sp³-hybridized carbons (Fsp3) is 0. The lowest BCUT2D eigenvalue weighted by molar-refractivity contribution is -0.352. The van der Waals surface area contributed by atoms with Gasteiger partial charge in [-0.1, -0.05) is 0 Å². The summed E-state index contributed by atoms with van der Waals surface area (Å²) in [4.78, 5) is 17.8. The normalized spacial score (nSPS) is 13.1. The molecule has 14 heavy (non-hydrogen) atoms. The molecule has 0 aromatic heterocycles. The van der Waals surface area contributed by atoms with E-state index in [1.165, 1.54) is 0 Å². The molecule has 0 radical (unpaired) electrons. The first-order chi connectivity index (χ1) is 6.52. The second-order valence-corrected chi connectivity index (χ2v) is 1.76. The number of rotatable bonds is 2. The fourth-order valence-corrected chi connectivity index (χ4v) is 0.410. The minimum absolute atomic E-state index is 0.512. The topological polar surface area (TPSA) is 151 Å². The van der Waals surface area contributed by atoms with Crippen molar-refractivity contribution in [3.05, 3.63) is 32.4 Å². The van der Waals surface area contributed by atoms with Crippen LogP contribution >= 0.6 is 0 Å². The van der Waals surface area contributed by atoms with Crippen LogP contribution in [0.3, 0.4) is 0 Å². The van der Waals surface area contributed by atoms with Gasteiger partial charge in [0.1, 0.15) is 0 Å². The van der Waals surface area contributed by atoms with Crippen LogP contribution in [-0.2, 0) is 0 Å². The summed E-state index contributed by atoms with van der Waals surface area (Å²) >= 11 is 0. The zero-order valence-corrected chi connectivity index (χ0v) is 6.47. The van der Waals surface area contributed by atoms with Crippen LogP contribution in [0.4, 0.5) is 0 Å². The highest BCUT2D eigenvalue weighted by Crippen LogP contribution is 1.87. The summed E-state index contributed by atoms with van der Waals surface area (Å²) in [5.74, 6) is -2.04. The minimum Gasteiger partial charge on any atom is -0.358 e.